The van der Waals surface area contributed by atoms with Gasteiger partial charge in [0.15, 0.2) is 5.69 Å². The fraction of sp³-hybridized carbons (Fsp3) is 0. The summed E-state index contributed by atoms with van der Waals surface area (Å²) in [5.74, 6) is -1.03. The number of halogens is 1. The first kappa shape index (κ1) is 12.2. The monoisotopic (exact) mass is 364 g/mol. The van der Waals surface area contributed by atoms with Crippen LogP contribution in [-0.4, -0.2) is 20.6 Å². The number of benzene rings is 1. The maximum absolute atomic E-state index is 11.2. The second-order valence-electron chi connectivity index (χ2n) is 4.07. The summed E-state index contributed by atoms with van der Waals surface area (Å²) in [7, 11) is 0. The Balaban J connectivity index is 2.28. The van der Waals surface area contributed by atoms with Gasteiger partial charge in [0.25, 0.3) is 0 Å². The van der Waals surface area contributed by atoms with Crippen molar-refractivity contribution in [2.24, 2.45) is 0 Å². The van der Waals surface area contributed by atoms with Crippen LogP contribution in [0.5, 0.6) is 0 Å². The van der Waals surface area contributed by atoms with E-state index in [2.05, 4.69) is 33.6 Å². The first-order valence-electron chi connectivity index (χ1n) is 5.62. The second kappa shape index (κ2) is 4.65. The van der Waals surface area contributed by atoms with E-state index in [-0.39, 0.29) is 5.69 Å². The fourth-order valence-electron chi connectivity index (χ4n) is 2.08. The molecule has 0 bridgehead atoms. The van der Waals surface area contributed by atoms with E-state index in [9.17, 15) is 9.90 Å². The third-order valence-electron chi connectivity index (χ3n) is 2.90. The van der Waals surface area contributed by atoms with Crippen LogP contribution in [0, 0.1) is 3.57 Å². The van der Waals surface area contributed by atoms with E-state index in [0.29, 0.717) is 5.69 Å². The van der Waals surface area contributed by atoms with E-state index in [1.807, 2.05) is 29.0 Å². The van der Waals surface area contributed by atoms with Crippen molar-refractivity contribution in [1.29, 1.82) is 0 Å². The van der Waals surface area contributed by atoms with Crippen molar-refractivity contribution in [2.75, 3.05) is 0 Å². The molecule has 1 aromatic carbocycles. The smallest absolute Gasteiger partial charge is 0.356 e. The van der Waals surface area contributed by atoms with Crippen LogP contribution in [-0.2, 0) is 0 Å². The van der Waals surface area contributed by atoms with Gasteiger partial charge < -0.3 is 9.67 Å². The summed E-state index contributed by atoms with van der Waals surface area (Å²) in [5, 5.41) is 10.3. The normalized spacial score (nSPS) is 10.8. The molecule has 0 aliphatic heterocycles. The quantitative estimate of drug-likeness (QED) is 0.710. The summed E-state index contributed by atoms with van der Waals surface area (Å²) in [6.45, 7) is 0. The second-order valence-corrected chi connectivity index (χ2v) is 5.31. The molecule has 0 atom stereocenters. The van der Waals surface area contributed by atoms with Crippen LogP contribution in [0.15, 0.2) is 48.8 Å². The van der Waals surface area contributed by atoms with Crippen molar-refractivity contribution < 1.29 is 9.90 Å². The fourth-order valence-corrected chi connectivity index (χ4v) is 2.59. The van der Waals surface area contributed by atoms with Gasteiger partial charge in [-0.05, 0) is 59.0 Å². The Hall–Kier alpha value is -1.89. The van der Waals surface area contributed by atoms with Gasteiger partial charge in [-0.2, -0.15) is 0 Å². The maximum atomic E-state index is 11.2. The summed E-state index contributed by atoms with van der Waals surface area (Å²) in [5.41, 5.74) is 1.60. The first-order chi connectivity index (χ1) is 9.16. The predicted molar refractivity (Wildman–Crippen MR) is 80.7 cm³/mol. The van der Waals surface area contributed by atoms with E-state index in [4.69, 9.17) is 0 Å². The molecule has 3 aromatic rings. The molecule has 4 nitrogen and oxygen atoms in total. The van der Waals surface area contributed by atoms with Crippen molar-refractivity contribution in [1.82, 2.24) is 9.55 Å². The zero-order valence-electron chi connectivity index (χ0n) is 9.75. The average Bonchev–Trinajstić information content (AvgIpc) is 2.81. The third kappa shape index (κ3) is 2.10. The summed E-state index contributed by atoms with van der Waals surface area (Å²) in [4.78, 5) is 15.2. The Kier molecular flexibility index (Phi) is 2.98. The lowest BCUT2D eigenvalue weighted by Crippen LogP contribution is -2.07. The zero-order chi connectivity index (χ0) is 13.4. The zero-order valence-corrected chi connectivity index (χ0v) is 11.9. The molecule has 0 unspecified atom stereocenters. The van der Waals surface area contributed by atoms with Gasteiger partial charge in [0.2, 0.25) is 0 Å². The number of hydrogen-bond acceptors (Lipinski definition) is 2. The molecule has 1 N–H and O–H groups in total. The summed E-state index contributed by atoms with van der Waals surface area (Å²) < 4.78 is 2.99. The molecule has 0 aliphatic rings. The minimum Gasteiger partial charge on any atom is -0.476 e. The Morgan fingerprint density at radius 2 is 2.11 bits per heavy atom. The van der Waals surface area contributed by atoms with Gasteiger partial charge in [0.1, 0.15) is 0 Å². The number of hydrogen-bond donors (Lipinski definition) is 1. The molecule has 0 saturated heterocycles. The predicted octanol–water partition coefficient (Wildman–Crippen LogP) is 3.33. The molecule has 5 heteroatoms. The Labute approximate surface area is 122 Å². The number of carbonyl (C=O) groups is 1. The topological polar surface area (TPSA) is 55.1 Å². The van der Waals surface area contributed by atoms with E-state index in [1.165, 1.54) is 6.20 Å². The molecule has 0 amide bonds. The third-order valence-corrected chi connectivity index (χ3v) is 3.57. The largest absolute Gasteiger partial charge is 0.476 e. The highest BCUT2D eigenvalue weighted by molar-refractivity contribution is 14.1. The number of aromatic carboxylic acids is 1. The average molecular weight is 364 g/mol. The van der Waals surface area contributed by atoms with Gasteiger partial charge in [0, 0.05) is 21.4 Å². The molecule has 0 spiro atoms. The molecule has 3 rings (SSSR count). The highest BCUT2D eigenvalue weighted by Crippen LogP contribution is 2.23. The van der Waals surface area contributed by atoms with E-state index >= 15 is 0 Å². The number of rotatable bonds is 2. The first-order valence-corrected chi connectivity index (χ1v) is 6.70. The van der Waals surface area contributed by atoms with Crippen LogP contribution in [0.4, 0.5) is 0 Å². The van der Waals surface area contributed by atoms with Gasteiger partial charge >= 0.3 is 5.97 Å². The van der Waals surface area contributed by atoms with Gasteiger partial charge in [-0.1, -0.05) is 0 Å². The van der Waals surface area contributed by atoms with Crippen LogP contribution in [0.1, 0.15) is 10.5 Å². The minimum absolute atomic E-state index is 0.0542. The van der Waals surface area contributed by atoms with Gasteiger partial charge in [-0.3, -0.25) is 0 Å². The van der Waals surface area contributed by atoms with Crippen LogP contribution < -0.4 is 0 Å². The van der Waals surface area contributed by atoms with Crippen LogP contribution in [0.2, 0.25) is 0 Å². The highest BCUT2D eigenvalue weighted by atomic mass is 127. The molecule has 0 aliphatic carbocycles. The SMILES string of the molecule is O=C(O)c1ncccc1-n1ccc2cc(I)ccc21. The molecule has 0 fully saturated rings. The Morgan fingerprint density at radius 1 is 1.26 bits per heavy atom. The summed E-state index contributed by atoms with van der Waals surface area (Å²) in [6.07, 6.45) is 3.35. The minimum atomic E-state index is -1.03. The number of carboxylic acid groups (broad SMARTS) is 1. The highest BCUT2D eigenvalue weighted by Gasteiger charge is 2.14. The molecule has 19 heavy (non-hydrogen) atoms. The van der Waals surface area contributed by atoms with Crippen LogP contribution in [0.25, 0.3) is 16.6 Å². The summed E-state index contributed by atoms with van der Waals surface area (Å²) >= 11 is 2.25. The maximum Gasteiger partial charge on any atom is 0.356 e. The molecule has 94 valence electrons. The van der Waals surface area contributed by atoms with E-state index in [0.717, 1.165) is 14.5 Å². The summed E-state index contributed by atoms with van der Waals surface area (Å²) in [6, 6.07) is 11.5. The number of pyridine rings is 1. The van der Waals surface area contributed by atoms with E-state index < -0.39 is 5.97 Å². The van der Waals surface area contributed by atoms with Crippen molar-refractivity contribution >= 4 is 39.5 Å². The molecular formula is C14H9IN2O2. The van der Waals surface area contributed by atoms with Crippen molar-refractivity contribution in [3.8, 4) is 5.69 Å². The number of nitrogens with zero attached hydrogens (tertiary/aromatic N) is 2. The van der Waals surface area contributed by atoms with Gasteiger partial charge in [-0.15, -0.1) is 0 Å². The molecular weight excluding hydrogens is 355 g/mol. The Bertz CT molecular complexity index is 780. The molecule has 0 radical (unpaired) electrons. The molecule has 2 aromatic heterocycles. The van der Waals surface area contributed by atoms with Gasteiger partial charge in [-0.25, -0.2) is 9.78 Å². The van der Waals surface area contributed by atoms with Gasteiger partial charge in [0.05, 0.1) is 11.2 Å². The van der Waals surface area contributed by atoms with Crippen molar-refractivity contribution in [3.05, 3.63) is 58.1 Å². The number of aromatic nitrogens is 2. The molecule has 0 saturated carbocycles. The van der Waals surface area contributed by atoms with Crippen LogP contribution >= 0.6 is 22.6 Å². The van der Waals surface area contributed by atoms with Crippen molar-refractivity contribution in [3.63, 3.8) is 0 Å². The van der Waals surface area contributed by atoms with Crippen molar-refractivity contribution in [2.45, 2.75) is 0 Å². The Morgan fingerprint density at radius 3 is 2.89 bits per heavy atom. The molecule has 2 heterocycles. The lowest BCUT2D eigenvalue weighted by atomic mass is 10.2. The lowest BCUT2D eigenvalue weighted by molar-refractivity contribution is 0.0690. The van der Waals surface area contributed by atoms with E-state index in [1.54, 1.807) is 12.1 Å². The number of fused-ring (bicyclic) bond motifs is 1. The number of carboxylic acids is 1. The standard InChI is InChI=1S/C14H9IN2O2/c15-10-3-4-11-9(8-10)5-7-17(11)12-2-1-6-16-13(12)14(18)19/h1-8H,(H,18,19). The van der Waals surface area contributed by atoms with Crippen LogP contribution in [0.3, 0.4) is 0 Å². The lowest BCUT2D eigenvalue weighted by Gasteiger charge is -2.08.